The highest BCUT2D eigenvalue weighted by Gasteiger charge is 2.50. The third-order valence-electron chi connectivity index (χ3n) is 5.58. The Morgan fingerprint density at radius 1 is 1.00 bits per heavy atom. The molecule has 0 spiro atoms. The molecule has 0 unspecified atom stereocenters. The van der Waals surface area contributed by atoms with Crippen molar-refractivity contribution in [2.24, 2.45) is 0 Å². The van der Waals surface area contributed by atoms with Crippen LogP contribution in [0.15, 0.2) is 72.8 Å². The summed E-state index contributed by atoms with van der Waals surface area (Å²) < 4.78 is 0. The molecule has 6 heteroatoms. The van der Waals surface area contributed by atoms with Crippen LogP contribution in [0.4, 0.5) is 4.79 Å². The van der Waals surface area contributed by atoms with Crippen molar-refractivity contribution < 1.29 is 14.4 Å². The SMILES string of the molecule is C[C@H](NC(=O)CN1C(=O)N[C@@](C)(c2cccc3ccccc23)C1=O)c1ccccc1. The second kappa shape index (κ2) is 7.63. The molecule has 2 atom stereocenters. The number of imide groups is 1. The summed E-state index contributed by atoms with van der Waals surface area (Å²) in [5.41, 5.74) is 0.423. The smallest absolute Gasteiger partial charge is 0.325 e. The predicted molar refractivity (Wildman–Crippen MR) is 115 cm³/mol. The van der Waals surface area contributed by atoms with Crippen LogP contribution in [-0.2, 0) is 15.1 Å². The first-order valence-corrected chi connectivity index (χ1v) is 9.87. The fraction of sp³-hybridized carbons (Fsp3) is 0.208. The molecule has 4 amide bonds. The van der Waals surface area contributed by atoms with Gasteiger partial charge in [0, 0.05) is 0 Å². The predicted octanol–water partition coefficient (Wildman–Crippen LogP) is 3.48. The minimum atomic E-state index is -1.23. The Hall–Kier alpha value is -3.67. The Balaban J connectivity index is 1.54. The van der Waals surface area contributed by atoms with Crippen LogP contribution in [0.3, 0.4) is 0 Å². The van der Waals surface area contributed by atoms with Crippen molar-refractivity contribution >= 4 is 28.6 Å². The topological polar surface area (TPSA) is 78.5 Å². The van der Waals surface area contributed by atoms with Gasteiger partial charge in [-0.2, -0.15) is 0 Å². The van der Waals surface area contributed by atoms with Gasteiger partial charge in [-0.15, -0.1) is 0 Å². The van der Waals surface area contributed by atoms with Gasteiger partial charge < -0.3 is 10.6 Å². The van der Waals surface area contributed by atoms with E-state index in [1.54, 1.807) is 6.92 Å². The van der Waals surface area contributed by atoms with E-state index < -0.39 is 23.4 Å². The Labute approximate surface area is 174 Å². The van der Waals surface area contributed by atoms with Crippen molar-refractivity contribution in [3.8, 4) is 0 Å². The Morgan fingerprint density at radius 3 is 2.43 bits per heavy atom. The highest BCUT2D eigenvalue weighted by Crippen LogP contribution is 2.33. The van der Waals surface area contributed by atoms with E-state index in [9.17, 15) is 14.4 Å². The summed E-state index contributed by atoms with van der Waals surface area (Å²) in [5.74, 6) is -0.830. The van der Waals surface area contributed by atoms with Crippen LogP contribution in [-0.4, -0.2) is 29.3 Å². The molecule has 152 valence electrons. The zero-order valence-corrected chi connectivity index (χ0v) is 16.9. The summed E-state index contributed by atoms with van der Waals surface area (Å²) in [6.45, 7) is 3.21. The molecule has 1 saturated heterocycles. The number of amides is 4. The molecule has 6 nitrogen and oxygen atoms in total. The summed E-state index contributed by atoms with van der Waals surface area (Å²) in [7, 11) is 0. The summed E-state index contributed by atoms with van der Waals surface area (Å²) in [6, 6.07) is 22.1. The number of hydrogen-bond acceptors (Lipinski definition) is 3. The number of carbonyl (C=O) groups is 3. The zero-order chi connectivity index (χ0) is 21.3. The number of hydrogen-bond donors (Lipinski definition) is 2. The fourth-order valence-corrected chi connectivity index (χ4v) is 3.94. The van der Waals surface area contributed by atoms with Crippen LogP contribution in [0.5, 0.6) is 0 Å². The minimum absolute atomic E-state index is 0.232. The maximum atomic E-state index is 13.2. The van der Waals surface area contributed by atoms with Crippen LogP contribution < -0.4 is 10.6 Å². The molecule has 1 fully saturated rings. The Bertz CT molecular complexity index is 1120. The van der Waals surface area contributed by atoms with Crippen molar-refractivity contribution in [2.45, 2.75) is 25.4 Å². The largest absolute Gasteiger partial charge is 0.348 e. The van der Waals surface area contributed by atoms with Crippen molar-refractivity contribution in [1.29, 1.82) is 0 Å². The lowest BCUT2D eigenvalue weighted by atomic mass is 9.88. The van der Waals surface area contributed by atoms with Gasteiger partial charge >= 0.3 is 6.03 Å². The number of fused-ring (bicyclic) bond motifs is 1. The van der Waals surface area contributed by atoms with E-state index in [0.29, 0.717) is 5.56 Å². The first-order valence-electron chi connectivity index (χ1n) is 9.87. The molecule has 0 bridgehead atoms. The van der Waals surface area contributed by atoms with Crippen LogP contribution in [0, 0.1) is 0 Å². The van der Waals surface area contributed by atoms with E-state index in [2.05, 4.69) is 10.6 Å². The number of nitrogens with zero attached hydrogens (tertiary/aromatic N) is 1. The quantitative estimate of drug-likeness (QED) is 0.643. The molecule has 30 heavy (non-hydrogen) atoms. The maximum absolute atomic E-state index is 13.2. The number of carbonyl (C=O) groups excluding carboxylic acids is 3. The third kappa shape index (κ3) is 3.41. The van der Waals surface area contributed by atoms with E-state index in [4.69, 9.17) is 0 Å². The van der Waals surface area contributed by atoms with Gasteiger partial charge in [0.15, 0.2) is 0 Å². The van der Waals surface area contributed by atoms with Gasteiger partial charge in [-0.05, 0) is 35.7 Å². The van der Waals surface area contributed by atoms with Crippen LogP contribution in [0.25, 0.3) is 10.8 Å². The van der Waals surface area contributed by atoms with E-state index in [0.717, 1.165) is 21.2 Å². The summed E-state index contributed by atoms with van der Waals surface area (Å²) in [6.07, 6.45) is 0. The average molecular weight is 401 g/mol. The zero-order valence-electron chi connectivity index (χ0n) is 16.9. The number of urea groups is 1. The van der Waals surface area contributed by atoms with Gasteiger partial charge in [0.25, 0.3) is 5.91 Å². The first-order chi connectivity index (χ1) is 14.4. The summed E-state index contributed by atoms with van der Waals surface area (Å²) in [5, 5.41) is 7.50. The lowest BCUT2D eigenvalue weighted by molar-refractivity contribution is -0.135. The normalized spacial score (nSPS) is 19.6. The molecular formula is C24H23N3O3. The maximum Gasteiger partial charge on any atom is 0.325 e. The molecule has 0 aliphatic carbocycles. The molecule has 1 heterocycles. The van der Waals surface area contributed by atoms with Crippen molar-refractivity contribution in [1.82, 2.24) is 15.5 Å². The molecule has 0 radical (unpaired) electrons. The van der Waals surface area contributed by atoms with Gasteiger partial charge in [0.2, 0.25) is 5.91 Å². The van der Waals surface area contributed by atoms with Gasteiger partial charge in [-0.25, -0.2) is 4.79 Å². The molecule has 4 rings (SSSR count). The molecule has 1 aliphatic rings. The van der Waals surface area contributed by atoms with E-state index >= 15 is 0 Å². The minimum Gasteiger partial charge on any atom is -0.348 e. The van der Waals surface area contributed by atoms with E-state index in [1.807, 2.05) is 79.7 Å². The van der Waals surface area contributed by atoms with Gasteiger partial charge in [-0.3, -0.25) is 14.5 Å². The second-order valence-electron chi connectivity index (χ2n) is 7.67. The lowest BCUT2D eigenvalue weighted by Gasteiger charge is -2.24. The van der Waals surface area contributed by atoms with Crippen LogP contribution in [0.1, 0.15) is 31.0 Å². The van der Waals surface area contributed by atoms with Crippen molar-refractivity contribution in [3.05, 3.63) is 83.9 Å². The van der Waals surface area contributed by atoms with Gasteiger partial charge in [0.05, 0.1) is 6.04 Å². The first kappa shape index (κ1) is 19.6. The van der Waals surface area contributed by atoms with Crippen molar-refractivity contribution in [3.63, 3.8) is 0 Å². The molecule has 0 saturated carbocycles. The van der Waals surface area contributed by atoms with E-state index in [-0.39, 0.29) is 12.6 Å². The monoisotopic (exact) mass is 401 g/mol. The fourth-order valence-electron chi connectivity index (χ4n) is 3.94. The molecular weight excluding hydrogens is 378 g/mol. The van der Waals surface area contributed by atoms with Crippen LogP contribution >= 0.6 is 0 Å². The number of nitrogens with one attached hydrogen (secondary N) is 2. The van der Waals surface area contributed by atoms with Crippen molar-refractivity contribution in [2.75, 3.05) is 6.54 Å². The van der Waals surface area contributed by atoms with E-state index in [1.165, 1.54) is 0 Å². The Kier molecular flexibility index (Phi) is 4.99. The summed E-state index contributed by atoms with van der Waals surface area (Å²) in [4.78, 5) is 39.4. The van der Waals surface area contributed by atoms with Gasteiger partial charge in [0.1, 0.15) is 12.1 Å². The van der Waals surface area contributed by atoms with Gasteiger partial charge in [-0.1, -0.05) is 72.8 Å². The van der Waals surface area contributed by atoms with Crippen LogP contribution in [0.2, 0.25) is 0 Å². The number of rotatable bonds is 5. The molecule has 3 aromatic carbocycles. The highest BCUT2D eigenvalue weighted by molar-refractivity contribution is 6.10. The molecule has 1 aliphatic heterocycles. The molecule has 0 aromatic heterocycles. The average Bonchev–Trinajstić information content (AvgIpc) is 2.97. The number of benzene rings is 3. The lowest BCUT2D eigenvalue weighted by Crippen LogP contribution is -2.43. The summed E-state index contributed by atoms with van der Waals surface area (Å²) >= 11 is 0. The highest BCUT2D eigenvalue weighted by atomic mass is 16.2. The molecule has 2 N–H and O–H groups in total. The third-order valence-corrected chi connectivity index (χ3v) is 5.58. The Morgan fingerprint density at radius 2 is 1.67 bits per heavy atom. The standard InChI is InChI=1S/C24H23N3O3/c1-16(17-9-4-3-5-10-17)25-21(28)15-27-22(29)24(2,26-23(27)30)20-14-8-12-18-11-6-7-13-19(18)20/h3-14,16H,15H2,1-2H3,(H,25,28)(H,26,30)/t16-,24-/m0/s1. The molecule has 3 aromatic rings. The second-order valence-corrected chi connectivity index (χ2v) is 7.67.